The van der Waals surface area contributed by atoms with Gasteiger partial charge in [0.05, 0.1) is 12.8 Å². The normalized spacial score (nSPS) is 15.5. The van der Waals surface area contributed by atoms with Crippen LogP contribution in [0.4, 0.5) is 15.8 Å². The van der Waals surface area contributed by atoms with E-state index in [9.17, 15) is 14.0 Å². The Hall–Kier alpha value is -3.68. The van der Waals surface area contributed by atoms with Gasteiger partial charge in [0.25, 0.3) is 5.91 Å². The standard InChI is InChI=1S/C25H25FN4O3/c1-33-22-13-12-16(15-21(22)29-14-5-4-11-23(29)31)27-25(32)24-17-7-6-10-19(17)30(28-24)20-9-3-2-8-18(20)26/h2-3,8-9,12-13,15H,4-7,10-11,14H2,1H3,(H,27,32). The van der Waals surface area contributed by atoms with Crippen molar-refractivity contribution in [1.29, 1.82) is 0 Å². The molecule has 1 fully saturated rings. The number of hydrogen-bond acceptors (Lipinski definition) is 4. The summed E-state index contributed by atoms with van der Waals surface area (Å²) in [5, 5.41) is 7.40. The van der Waals surface area contributed by atoms with Crippen LogP contribution in [0.5, 0.6) is 5.75 Å². The van der Waals surface area contributed by atoms with Crippen LogP contribution in [0, 0.1) is 5.82 Å². The van der Waals surface area contributed by atoms with Crippen molar-refractivity contribution in [3.8, 4) is 11.4 Å². The average Bonchev–Trinajstić information content (AvgIpc) is 3.43. The van der Waals surface area contributed by atoms with Crippen LogP contribution in [0.25, 0.3) is 5.69 Å². The van der Waals surface area contributed by atoms with Crippen LogP contribution in [0.3, 0.4) is 0 Å². The topological polar surface area (TPSA) is 76.5 Å². The van der Waals surface area contributed by atoms with E-state index >= 15 is 0 Å². The largest absolute Gasteiger partial charge is 0.495 e. The van der Waals surface area contributed by atoms with Crippen molar-refractivity contribution in [3.05, 3.63) is 65.2 Å². The van der Waals surface area contributed by atoms with Gasteiger partial charge in [0.15, 0.2) is 5.69 Å². The van der Waals surface area contributed by atoms with E-state index in [1.807, 2.05) is 0 Å². The molecule has 7 nitrogen and oxygen atoms in total. The Morgan fingerprint density at radius 1 is 1.06 bits per heavy atom. The molecule has 8 heteroatoms. The van der Waals surface area contributed by atoms with Crippen LogP contribution in [0.2, 0.25) is 0 Å². The zero-order valence-electron chi connectivity index (χ0n) is 18.4. The Kier molecular flexibility index (Phi) is 5.58. The summed E-state index contributed by atoms with van der Waals surface area (Å²) >= 11 is 0. The molecule has 1 aliphatic heterocycles. The molecule has 1 N–H and O–H groups in total. The number of piperidine rings is 1. The summed E-state index contributed by atoms with van der Waals surface area (Å²) < 4.78 is 21.4. The number of nitrogens with one attached hydrogen (secondary N) is 1. The number of ether oxygens (including phenoxy) is 1. The number of halogens is 1. The van der Waals surface area contributed by atoms with Crippen molar-refractivity contribution in [2.45, 2.75) is 38.5 Å². The maximum absolute atomic E-state index is 14.4. The van der Waals surface area contributed by atoms with Crippen molar-refractivity contribution in [1.82, 2.24) is 9.78 Å². The number of anilines is 2. The van der Waals surface area contributed by atoms with Gasteiger partial charge in [-0.3, -0.25) is 9.59 Å². The van der Waals surface area contributed by atoms with E-state index < -0.39 is 0 Å². The third-order valence-corrected chi connectivity index (χ3v) is 6.28. The number of hydrogen-bond donors (Lipinski definition) is 1. The fourth-order valence-corrected chi connectivity index (χ4v) is 4.67. The van der Waals surface area contributed by atoms with Crippen LogP contribution < -0.4 is 15.0 Å². The van der Waals surface area contributed by atoms with Crippen molar-refractivity contribution in [2.75, 3.05) is 23.9 Å². The Bertz CT molecular complexity index is 1240. The quantitative estimate of drug-likeness (QED) is 0.632. The number of carbonyl (C=O) groups excluding carboxylic acids is 2. The summed E-state index contributed by atoms with van der Waals surface area (Å²) in [5.74, 6) is -0.116. The van der Waals surface area contributed by atoms with Crippen LogP contribution >= 0.6 is 0 Å². The van der Waals surface area contributed by atoms with E-state index in [0.29, 0.717) is 41.5 Å². The van der Waals surface area contributed by atoms with E-state index in [0.717, 1.165) is 43.4 Å². The third-order valence-electron chi connectivity index (χ3n) is 6.28. The average molecular weight is 448 g/mol. The van der Waals surface area contributed by atoms with Gasteiger partial charge in [-0.05, 0) is 62.4 Å². The highest BCUT2D eigenvalue weighted by molar-refractivity contribution is 6.05. The number of aromatic nitrogens is 2. The summed E-state index contributed by atoms with van der Waals surface area (Å²) in [5.41, 5.74) is 3.56. The zero-order valence-corrected chi connectivity index (χ0v) is 18.4. The Labute approximate surface area is 191 Å². The smallest absolute Gasteiger partial charge is 0.276 e. The molecule has 0 atom stereocenters. The molecular weight excluding hydrogens is 423 g/mol. The molecule has 0 radical (unpaired) electrons. The Morgan fingerprint density at radius 3 is 2.70 bits per heavy atom. The van der Waals surface area contributed by atoms with E-state index in [-0.39, 0.29) is 17.6 Å². The molecule has 2 aromatic carbocycles. The summed E-state index contributed by atoms with van der Waals surface area (Å²) in [4.78, 5) is 27.4. The van der Waals surface area contributed by atoms with Crippen molar-refractivity contribution in [3.63, 3.8) is 0 Å². The number of para-hydroxylation sites is 1. The second-order valence-electron chi connectivity index (χ2n) is 8.33. The first kappa shape index (κ1) is 21.2. The lowest BCUT2D eigenvalue weighted by atomic mass is 10.1. The molecule has 2 heterocycles. The molecule has 1 aromatic heterocycles. The van der Waals surface area contributed by atoms with Gasteiger partial charge in [-0.25, -0.2) is 9.07 Å². The van der Waals surface area contributed by atoms with Crippen LogP contribution in [0.15, 0.2) is 42.5 Å². The monoisotopic (exact) mass is 448 g/mol. The molecule has 170 valence electrons. The molecule has 0 saturated carbocycles. The first-order valence-electron chi connectivity index (χ1n) is 11.2. The minimum Gasteiger partial charge on any atom is -0.495 e. The minimum atomic E-state index is -0.382. The maximum Gasteiger partial charge on any atom is 0.276 e. The lowest BCUT2D eigenvalue weighted by molar-refractivity contribution is -0.119. The van der Waals surface area contributed by atoms with E-state index in [1.54, 1.807) is 53.1 Å². The van der Waals surface area contributed by atoms with Gasteiger partial charge >= 0.3 is 0 Å². The number of benzene rings is 2. The molecule has 2 amide bonds. The molecule has 0 spiro atoms. The van der Waals surface area contributed by atoms with Gasteiger partial charge in [-0.1, -0.05) is 12.1 Å². The molecule has 0 unspecified atom stereocenters. The summed E-state index contributed by atoms with van der Waals surface area (Å²) in [6.07, 6.45) is 4.66. The number of amides is 2. The predicted octanol–water partition coefficient (Wildman–Crippen LogP) is 4.28. The van der Waals surface area contributed by atoms with Gasteiger partial charge in [-0.2, -0.15) is 5.10 Å². The molecule has 33 heavy (non-hydrogen) atoms. The summed E-state index contributed by atoms with van der Waals surface area (Å²) in [7, 11) is 1.56. The predicted molar refractivity (Wildman–Crippen MR) is 123 cm³/mol. The molecule has 0 bridgehead atoms. The van der Waals surface area contributed by atoms with Crippen LogP contribution in [0.1, 0.15) is 47.4 Å². The van der Waals surface area contributed by atoms with Crippen molar-refractivity contribution in [2.24, 2.45) is 0 Å². The van der Waals surface area contributed by atoms with E-state index in [1.165, 1.54) is 6.07 Å². The SMILES string of the molecule is COc1ccc(NC(=O)c2nn(-c3ccccc3F)c3c2CCC3)cc1N1CCCCC1=O. The Balaban J connectivity index is 1.46. The Morgan fingerprint density at radius 2 is 1.91 bits per heavy atom. The summed E-state index contributed by atoms with van der Waals surface area (Å²) in [6, 6.07) is 11.7. The van der Waals surface area contributed by atoms with Crippen LogP contribution in [-0.4, -0.2) is 35.2 Å². The van der Waals surface area contributed by atoms with E-state index in [4.69, 9.17) is 4.74 Å². The number of fused-ring (bicyclic) bond motifs is 1. The summed E-state index contributed by atoms with van der Waals surface area (Å²) in [6.45, 7) is 0.618. The van der Waals surface area contributed by atoms with Gasteiger partial charge < -0.3 is 15.0 Å². The molecule has 3 aromatic rings. The number of carbonyl (C=O) groups is 2. The first-order valence-corrected chi connectivity index (χ1v) is 11.2. The fraction of sp³-hybridized carbons (Fsp3) is 0.320. The number of rotatable bonds is 5. The van der Waals surface area contributed by atoms with Crippen molar-refractivity contribution >= 4 is 23.2 Å². The highest BCUT2D eigenvalue weighted by atomic mass is 19.1. The molecule has 1 saturated heterocycles. The third kappa shape index (κ3) is 3.86. The first-order chi connectivity index (χ1) is 16.1. The molecular formula is C25H25FN4O3. The molecule has 1 aliphatic carbocycles. The lowest BCUT2D eigenvalue weighted by Crippen LogP contribution is -2.35. The van der Waals surface area contributed by atoms with E-state index in [2.05, 4.69) is 10.4 Å². The van der Waals surface area contributed by atoms with Crippen molar-refractivity contribution < 1.29 is 18.7 Å². The molecule has 5 rings (SSSR count). The lowest BCUT2D eigenvalue weighted by Gasteiger charge is -2.28. The highest BCUT2D eigenvalue weighted by Gasteiger charge is 2.28. The molecule has 2 aliphatic rings. The van der Waals surface area contributed by atoms with Gasteiger partial charge in [-0.15, -0.1) is 0 Å². The highest BCUT2D eigenvalue weighted by Crippen LogP contribution is 2.34. The minimum absolute atomic E-state index is 0.0458. The second kappa shape index (κ2) is 8.69. The number of methoxy groups -OCH3 is 1. The number of nitrogens with zero attached hydrogens (tertiary/aromatic N) is 3. The van der Waals surface area contributed by atoms with Crippen LogP contribution in [-0.2, 0) is 17.6 Å². The maximum atomic E-state index is 14.4. The fourth-order valence-electron chi connectivity index (χ4n) is 4.67. The second-order valence-corrected chi connectivity index (χ2v) is 8.33. The van der Waals surface area contributed by atoms with Gasteiger partial charge in [0.1, 0.15) is 17.3 Å². The zero-order chi connectivity index (χ0) is 22.9. The van der Waals surface area contributed by atoms with Gasteiger partial charge in [0, 0.05) is 29.9 Å². The van der Waals surface area contributed by atoms with Gasteiger partial charge in [0.2, 0.25) is 5.91 Å².